The van der Waals surface area contributed by atoms with E-state index in [1.54, 1.807) is 0 Å². The van der Waals surface area contributed by atoms with E-state index in [1.807, 2.05) is 20.4 Å². The molecular formula is C27H53N2O3. The van der Waals surface area contributed by atoms with Crippen molar-refractivity contribution < 1.29 is 14.7 Å². The maximum absolute atomic E-state index is 12.6. The number of aliphatic carboxylic acids is 1. The van der Waals surface area contributed by atoms with E-state index in [9.17, 15) is 14.7 Å². The lowest BCUT2D eigenvalue weighted by molar-refractivity contribution is -0.140. The van der Waals surface area contributed by atoms with Crippen molar-refractivity contribution >= 4 is 11.9 Å². The fourth-order valence-electron chi connectivity index (χ4n) is 4.39. The molecule has 0 saturated carbocycles. The lowest BCUT2D eigenvalue weighted by Gasteiger charge is -2.22. The third kappa shape index (κ3) is 16.5. The van der Waals surface area contributed by atoms with Gasteiger partial charge >= 0.3 is 5.97 Å². The van der Waals surface area contributed by atoms with Crippen molar-refractivity contribution in [2.75, 3.05) is 0 Å². The fourth-order valence-corrected chi connectivity index (χ4v) is 4.39. The molecule has 0 saturated heterocycles. The zero-order chi connectivity index (χ0) is 24.2. The highest BCUT2D eigenvalue weighted by molar-refractivity contribution is 5.79. The van der Waals surface area contributed by atoms with Crippen LogP contribution in [0.5, 0.6) is 0 Å². The van der Waals surface area contributed by atoms with E-state index in [0.29, 0.717) is 18.8 Å². The van der Waals surface area contributed by atoms with Crippen molar-refractivity contribution in [3.05, 3.63) is 6.54 Å². The smallest absolute Gasteiger partial charge is 0.320 e. The highest BCUT2D eigenvalue weighted by Crippen LogP contribution is 2.23. The third-order valence-corrected chi connectivity index (χ3v) is 6.39. The highest BCUT2D eigenvalue weighted by atomic mass is 16.4. The molecule has 189 valence electrons. The number of carboxylic acids is 1. The van der Waals surface area contributed by atoms with Crippen LogP contribution < -0.4 is 10.6 Å². The van der Waals surface area contributed by atoms with Gasteiger partial charge in [-0.05, 0) is 38.0 Å². The molecule has 0 heterocycles. The predicted molar refractivity (Wildman–Crippen MR) is 135 cm³/mol. The Balaban J connectivity index is 3.92. The maximum atomic E-state index is 12.6. The second-order valence-electron chi connectivity index (χ2n) is 9.82. The molecule has 0 aromatic heterocycles. The normalized spacial score (nSPS) is 14.3. The predicted octanol–water partition coefficient (Wildman–Crippen LogP) is 6.86. The number of carbonyl (C=O) groups is 2. The molecule has 0 spiro atoms. The van der Waals surface area contributed by atoms with Gasteiger partial charge < -0.3 is 15.7 Å². The number of amides is 1. The Morgan fingerprint density at radius 1 is 0.812 bits per heavy atom. The fraction of sp³-hybridized carbons (Fsp3) is 0.889. The van der Waals surface area contributed by atoms with Gasteiger partial charge in [0.1, 0.15) is 6.04 Å². The number of carbonyl (C=O) groups excluding carboxylic acids is 1. The minimum Gasteiger partial charge on any atom is -0.480 e. The molecule has 0 aromatic carbocycles. The number of carboxylic acid groups (broad SMARTS) is 1. The lowest BCUT2D eigenvalue weighted by Crippen LogP contribution is -2.40. The van der Waals surface area contributed by atoms with Gasteiger partial charge in [0.05, 0.1) is 0 Å². The first kappa shape index (κ1) is 30.9. The molecule has 1 radical (unpaired) electrons. The molecule has 0 fully saturated rings. The van der Waals surface area contributed by atoms with E-state index in [2.05, 4.69) is 31.4 Å². The molecule has 0 aromatic rings. The van der Waals surface area contributed by atoms with Crippen molar-refractivity contribution in [1.29, 1.82) is 0 Å². The summed E-state index contributed by atoms with van der Waals surface area (Å²) in [5.41, 5.74) is 0. The Morgan fingerprint density at radius 3 is 1.88 bits per heavy atom. The van der Waals surface area contributed by atoms with Crippen LogP contribution in [0.4, 0.5) is 0 Å². The minimum absolute atomic E-state index is 0.0548. The van der Waals surface area contributed by atoms with E-state index in [0.717, 1.165) is 19.3 Å². The van der Waals surface area contributed by atoms with Crippen LogP contribution in [0.25, 0.3) is 0 Å². The second-order valence-corrected chi connectivity index (χ2v) is 9.82. The van der Waals surface area contributed by atoms with Crippen LogP contribution in [-0.2, 0) is 9.59 Å². The molecule has 0 aliphatic carbocycles. The number of rotatable bonds is 22. The van der Waals surface area contributed by atoms with E-state index in [1.165, 1.54) is 64.2 Å². The van der Waals surface area contributed by atoms with Gasteiger partial charge in [-0.1, -0.05) is 98.8 Å². The van der Waals surface area contributed by atoms with Crippen molar-refractivity contribution in [3.8, 4) is 0 Å². The zero-order valence-corrected chi connectivity index (χ0v) is 21.8. The van der Waals surface area contributed by atoms with Crippen LogP contribution in [0.1, 0.15) is 131 Å². The van der Waals surface area contributed by atoms with Gasteiger partial charge in [0.15, 0.2) is 0 Å². The van der Waals surface area contributed by atoms with Gasteiger partial charge in [0, 0.05) is 18.5 Å². The molecular weight excluding hydrogens is 400 g/mol. The molecule has 3 unspecified atom stereocenters. The van der Waals surface area contributed by atoms with E-state index >= 15 is 0 Å². The quantitative estimate of drug-likeness (QED) is 0.156. The molecule has 3 atom stereocenters. The van der Waals surface area contributed by atoms with Gasteiger partial charge in [-0.2, -0.15) is 0 Å². The monoisotopic (exact) mass is 453 g/mol. The van der Waals surface area contributed by atoms with E-state index in [4.69, 9.17) is 0 Å². The first-order valence-electron chi connectivity index (χ1n) is 13.4. The molecule has 5 heteroatoms. The van der Waals surface area contributed by atoms with Gasteiger partial charge in [-0.15, -0.1) is 0 Å². The third-order valence-electron chi connectivity index (χ3n) is 6.39. The average Bonchev–Trinajstić information content (AvgIpc) is 2.74. The van der Waals surface area contributed by atoms with Crippen molar-refractivity contribution in [2.24, 2.45) is 11.8 Å². The first-order valence-corrected chi connectivity index (χ1v) is 13.4. The number of nitrogens with one attached hydrogen (secondary N) is 2. The molecule has 3 N–H and O–H groups in total. The summed E-state index contributed by atoms with van der Waals surface area (Å²) < 4.78 is 0. The molecule has 0 aliphatic rings. The summed E-state index contributed by atoms with van der Waals surface area (Å²) in [6.45, 7) is 12.3. The summed E-state index contributed by atoms with van der Waals surface area (Å²) in [4.78, 5) is 23.9. The lowest BCUT2D eigenvalue weighted by atomic mass is 9.86. The Bertz CT molecular complexity index is 468. The maximum Gasteiger partial charge on any atom is 0.320 e. The highest BCUT2D eigenvalue weighted by Gasteiger charge is 2.23. The van der Waals surface area contributed by atoms with Crippen LogP contribution in [-0.4, -0.2) is 29.1 Å². The molecule has 0 rings (SSSR count). The van der Waals surface area contributed by atoms with Crippen LogP contribution >= 0.6 is 0 Å². The van der Waals surface area contributed by atoms with Crippen LogP contribution in [0, 0.1) is 18.4 Å². The van der Waals surface area contributed by atoms with Gasteiger partial charge in [0.2, 0.25) is 5.91 Å². The molecule has 0 bridgehead atoms. The largest absolute Gasteiger partial charge is 0.480 e. The Morgan fingerprint density at radius 2 is 1.38 bits per heavy atom. The van der Waals surface area contributed by atoms with Crippen molar-refractivity contribution in [2.45, 2.75) is 143 Å². The standard InChI is InChI=1S/C27H53N2O3/c1-6-8-9-10-11-12-13-14-15-16-19-23(5)24(7-2)26(30)28-21-18-17-20-25(27(31)32)29-22(3)4/h21-25,29H,6-20H2,1-5H3,(H,28,30)(H,31,32). The molecule has 32 heavy (non-hydrogen) atoms. The van der Waals surface area contributed by atoms with Gasteiger partial charge in [-0.3, -0.25) is 9.59 Å². The molecule has 5 nitrogen and oxygen atoms in total. The number of unbranched alkanes of at least 4 members (excludes halogenated alkanes) is 10. The van der Waals surface area contributed by atoms with E-state index in [-0.39, 0.29) is 17.9 Å². The topological polar surface area (TPSA) is 78.4 Å². The van der Waals surface area contributed by atoms with Gasteiger partial charge in [0.25, 0.3) is 0 Å². The number of hydrogen-bond donors (Lipinski definition) is 3. The summed E-state index contributed by atoms with van der Waals surface area (Å²) >= 11 is 0. The second kappa shape index (κ2) is 20.5. The van der Waals surface area contributed by atoms with Crippen LogP contribution in [0.15, 0.2) is 0 Å². The van der Waals surface area contributed by atoms with Crippen molar-refractivity contribution in [1.82, 2.24) is 10.6 Å². The van der Waals surface area contributed by atoms with Crippen LogP contribution in [0.2, 0.25) is 0 Å². The summed E-state index contributed by atoms with van der Waals surface area (Å²) in [6.07, 6.45) is 17.4. The molecule has 1 amide bonds. The average molecular weight is 454 g/mol. The Labute approximate surface area is 198 Å². The first-order chi connectivity index (χ1) is 15.3. The van der Waals surface area contributed by atoms with Crippen molar-refractivity contribution in [3.63, 3.8) is 0 Å². The Kier molecular flexibility index (Phi) is 19.8. The summed E-state index contributed by atoms with van der Waals surface area (Å²) in [7, 11) is 0. The molecule has 0 aliphatic heterocycles. The zero-order valence-electron chi connectivity index (χ0n) is 21.8. The van der Waals surface area contributed by atoms with E-state index < -0.39 is 12.0 Å². The SMILES string of the molecule is CCCCCCCCCCCCC(C)C(CC)C(=O)N[CH]CCCC(NC(C)C)C(=O)O. The Hall–Kier alpha value is -1.10. The minimum atomic E-state index is -0.811. The van der Waals surface area contributed by atoms with Gasteiger partial charge in [-0.25, -0.2) is 0 Å². The number of hydrogen-bond acceptors (Lipinski definition) is 3. The summed E-state index contributed by atoms with van der Waals surface area (Å²) in [6, 6.07) is -0.384. The summed E-state index contributed by atoms with van der Waals surface area (Å²) in [5, 5.41) is 15.3. The van der Waals surface area contributed by atoms with Crippen LogP contribution in [0.3, 0.4) is 0 Å². The summed E-state index contributed by atoms with van der Waals surface area (Å²) in [5.74, 6) is -0.245.